The van der Waals surface area contributed by atoms with Crippen LogP contribution in [-0.4, -0.2) is 49.2 Å². The fourth-order valence-electron chi connectivity index (χ4n) is 2.74. The Morgan fingerprint density at radius 3 is 2.72 bits per heavy atom. The number of ether oxygens (including phenoxy) is 1. The maximum atomic E-state index is 12.0. The Labute approximate surface area is 111 Å². The maximum Gasteiger partial charge on any atom is 0.323 e. The van der Waals surface area contributed by atoms with Crippen molar-refractivity contribution in [2.24, 2.45) is 0 Å². The SMILES string of the molecule is CCCN(C1CCCNC1)C(CC)C(=O)OCC. The van der Waals surface area contributed by atoms with E-state index in [0.29, 0.717) is 12.6 Å². The van der Waals surface area contributed by atoms with Crippen LogP contribution in [0.3, 0.4) is 0 Å². The number of esters is 1. The number of nitrogens with one attached hydrogen (secondary N) is 1. The molecule has 0 amide bonds. The first kappa shape index (κ1) is 15.4. The van der Waals surface area contributed by atoms with Gasteiger partial charge in [0.2, 0.25) is 0 Å². The Hall–Kier alpha value is -0.610. The van der Waals surface area contributed by atoms with Crippen LogP contribution < -0.4 is 5.32 Å². The lowest BCUT2D eigenvalue weighted by molar-refractivity contribution is -0.151. The molecule has 1 saturated heterocycles. The van der Waals surface area contributed by atoms with E-state index >= 15 is 0 Å². The summed E-state index contributed by atoms with van der Waals surface area (Å²) >= 11 is 0. The van der Waals surface area contributed by atoms with Gasteiger partial charge in [-0.05, 0) is 45.7 Å². The molecule has 0 aromatic rings. The van der Waals surface area contributed by atoms with E-state index < -0.39 is 0 Å². The molecule has 4 heteroatoms. The van der Waals surface area contributed by atoms with Crippen LogP contribution >= 0.6 is 0 Å². The van der Waals surface area contributed by atoms with Gasteiger partial charge in [0.1, 0.15) is 6.04 Å². The van der Waals surface area contributed by atoms with Gasteiger partial charge < -0.3 is 10.1 Å². The molecule has 0 bridgehead atoms. The molecule has 0 aromatic heterocycles. The quantitative estimate of drug-likeness (QED) is 0.705. The Balaban J connectivity index is 2.69. The molecule has 106 valence electrons. The minimum Gasteiger partial charge on any atom is -0.465 e. The third kappa shape index (κ3) is 4.25. The summed E-state index contributed by atoms with van der Waals surface area (Å²) in [4.78, 5) is 14.4. The van der Waals surface area contributed by atoms with E-state index in [1.165, 1.54) is 12.8 Å². The van der Waals surface area contributed by atoms with Gasteiger partial charge >= 0.3 is 5.97 Å². The van der Waals surface area contributed by atoms with Crippen molar-refractivity contribution in [3.05, 3.63) is 0 Å². The number of piperidine rings is 1. The highest BCUT2D eigenvalue weighted by Gasteiger charge is 2.31. The van der Waals surface area contributed by atoms with Crippen molar-refractivity contribution in [1.82, 2.24) is 10.2 Å². The topological polar surface area (TPSA) is 41.6 Å². The van der Waals surface area contributed by atoms with Gasteiger partial charge in [0.15, 0.2) is 0 Å². The van der Waals surface area contributed by atoms with E-state index in [4.69, 9.17) is 4.74 Å². The Morgan fingerprint density at radius 1 is 1.44 bits per heavy atom. The molecular formula is C14H28N2O2. The van der Waals surface area contributed by atoms with Crippen LogP contribution in [0, 0.1) is 0 Å². The number of carbonyl (C=O) groups excluding carboxylic acids is 1. The predicted molar refractivity (Wildman–Crippen MR) is 73.6 cm³/mol. The molecule has 0 saturated carbocycles. The lowest BCUT2D eigenvalue weighted by Crippen LogP contribution is -2.53. The molecular weight excluding hydrogens is 228 g/mol. The normalized spacial score (nSPS) is 21.9. The third-order valence-corrected chi connectivity index (χ3v) is 3.57. The number of carbonyl (C=O) groups is 1. The second-order valence-electron chi connectivity index (χ2n) is 4.91. The molecule has 1 fully saturated rings. The summed E-state index contributed by atoms with van der Waals surface area (Å²) in [6.07, 6.45) is 4.29. The first-order chi connectivity index (χ1) is 8.74. The molecule has 1 N–H and O–H groups in total. The van der Waals surface area contributed by atoms with Crippen molar-refractivity contribution < 1.29 is 9.53 Å². The largest absolute Gasteiger partial charge is 0.465 e. The molecule has 1 aliphatic rings. The van der Waals surface area contributed by atoms with Crippen molar-refractivity contribution >= 4 is 5.97 Å². The van der Waals surface area contributed by atoms with E-state index in [1.54, 1.807) is 0 Å². The van der Waals surface area contributed by atoms with Crippen LogP contribution in [0.5, 0.6) is 0 Å². The number of rotatable bonds is 7. The van der Waals surface area contributed by atoms with Crippen molar-refractivity contribution in [3.8, 4) is 0 Å². The van der Waals surface area contributed by atoms with Crippen LogP contribution in [0.4, 0.5) is 0 Å². The minimum atomic E-state index is -0.0743. The summed E-state index contributed by atoms with van der Waals surface area (Å²) in [6.45, 7) is 9.66. The molecule has 2 unspecified atom stereocenters. The zero-order chi connectivity index (χ0) is 13.4. The second kappa shape index (κ2) is 8.48. The van der Waals surface area contributed by atoms with Crippen molar-refractivity contribution in [3.63, 3.8) is 0 Å². The Kier molecular flexibility index (Phi) is 7.28. The summed E-state index contributed by atoms with van der Waals surface area (Å²) in [5.41, 5.74) is 0. The van der Waals surface area contributed by atoms with Gasteiger partial charge in [-0.15, -0.1) is 0 Å². The van der Waals surface area contributed by atoms with Gasteiger partial charge in [0.05, 0.1) is 6.61 Å². The molecule has 1 rings (SSSR count). The fraction of sp³-hybridized carbons (Fsp3) is 0.929. The lowest BCUT2D eigenvalue weighted by Gasteiger charge is -2.38. The Bertz CT molecular complexity index is 240. The minimum absolute atomic E-state index is 0.0565. The molecule has 18 heavy (non-hydrogen) atoms. The fourth-order valence-corrected chi connectivity index (χ4v) is 2.74. The van der Waals surface area contributed by atoms with E-state index in [2.05, 4.69) is 24.1 Å². The van der Waals surface area contributed by atoms with Crippen LogP contribution in [0.25, 0.3) is 0 Å². The Morgan fingerprint density at radius 2 is 2.22 bits per heavy atom. The van der Waals surface area contributed by atoms with E-state index in [-0.39, 0.29) is 12.0 Å². The van der Waals surface area contributed by atoms with Crippen LogP contribution in [0.15, 0.2) is 0 Å². The van der Waals surface area contributed by atoms with Crippen LogP contribution in [0.1, 0.15) is 46.5 Å². The molecule has 0 aliphatic carbocycles. The summed E-state index contributed by atoms with van der Waals surface area (Å²) in [5, 5.41) is 3.43. The van der Waals surface area contributed by atoms with Gasteiger partial charge in [-0.25, -0.2) is 0 Å². The summed E-state index contributed by atoms with van der Waals surface area (Å²) in [5.74, 6) is -0.0565. The van der Waals surface area contributed by atoms with Crippen molar-refractivity contribution in [2.75, 3.05) is 26.2 Å². The molecule has 4 nitrogen and oxygen atoms in total. The summed E-state index contributed by atoms with van der Waals surface area (Å²) in [7, 11) is 0. The van der Waals surface area contributed by atoms with E-state index in [9.17, 15) is 4.79 Å². The predicted octanol–water partition coefficient (Wildman–Crippen LogP) is 1.79. The second-order valence-corrected chi connectivity index (χ2v) is 4.91. The van der Waals surface area contributed by atoms with Crippen LogP contribution in [-0.2, 0) is 9.53 Å². The van der Waals surface area contributed by atoms with Crippen molar-refractivity contribution in [2.45, 2.75) is 58.5 Å². The average Bonchev–Trinajstić information content (AvgIpc) is 2.40. The number of hydrogen-bond acceptors (Lipinski definition) is 4. The summed E-state index contributed by atoms with van der Waals surface area (Å²) < 4.78 is 5.21. The third-order valence-electron chi connectivity index (χ3n) is 3.57. The van der Waals surface area contributed by atoms with Crippen molar-refractivity contribution in [1.29, 1.82) is 0 Å². The highest BCUT2D eigenvalue weighted by atomic mass is 16.5. The molecule has 1 heterocycles. The molecule has 0 spiro atoms. The van der Waals surface area contributed by atoms with Gasteiger partial charge in [-0.1, -0.05) is 13.8 Å². The standard InChI is InChI=1S/C14H28N2O2/c1-4-10-16(12-8-7-9-15-11-12)13(5-2)14(17)18-6-3/h12-13,15H,4-11H2,1-3H3. The first-order valence-electron chi connectivity index (χ1n) is 7.37. The monoisotopic (exact) mass is 256 g/mol. The average molecular weight is 256 g/mol. The smallest absolute Gasteiger partial charge is 0.323 e. The van der Waals surface area contributed by atoms with Gasteiger partial charge in [-0.3, -0.25) is 9.69 Å². The highest BCUT2D eigenvalue weighted by Crippen LogP contribution is 2.17. The lowest BCUT2D eigenvalue weighted by atomic mass is 10.0. The number of nitrogens with zero attached hydrogens (tertiary/aromatic N) is 1. The molecule has 0 aromatic carbocycles. The number of hydrogen-bond donors (Lipinski definition) is 1. The zero-order valence-electron chi connectivity index (χ0n) is 12.1. The highest BCUT2D eigenvalue weighted by molar-refractivity contribution is 5.75. The summed E-state index contributed by atoms with van der Waals surface area (Å²) in [6, 6.07) is 0.405. The first-order valence-corrected chi connectivity index (χ1v) is 7.37. The molecule has 0 radical (unpaired) electrons. The maximum absolute atomic E-state index is 12.0. The van der Waals surface area contributed by atoms with Gasteiger partial charge in [-0.2, -0.15) is 0 Å². The van der Waals surface area contributed by atoms with Crippen LogP contribution in [0.2, 0.25) is 0 Å². The zero-order valence-corrected chi connectivity index (χ0v) is 12.1. The van der Waals surface area contributed by atoms with Gasteiger partial charge in [0.25, 0.3) is 0 Å². The molecule has 1 aliphatic heterocycles. The molecule has 2 atom stereocenters. The van der Waals surface area contributed by atoms with E-state index in [0.717, 1.165) is 32.5 Å². The van der Waals surface area contributed by atoms with Gasteiger partial charge in [0, 0.05) is 12.6 Å². The van der Waals surface area contributed by atoms with E-state index in [1.807, 2.05) is 6.92 Å².